The van der Waals surface area contributed by atoms with E-state index in [1.807, 2.05) is 6.92 Å². The molecular weight excluding hydrogens is 579 g/mol. The first-order valence-electron chi connectivity index (χ1n) is 17.4. The molecule has 2 aromatic carbocycles. The summed E-state index contributed by atoms with van der Waals surface area (Å²) in [6, 6.07) is 20.9. The van der Waals surface area contributed by atoms with Gasteiger partial charge in [0.25, 0.3) is 0 Å². The molecule has 2 aliphatic heterocycles. The van der Waals surface area contributed by atoms with Crippen LogP contribution in [0.2, 0.25) is 19.6 Å². The van der Waals surface area contributed by atoms with Crippen LogP contribution in [0.5, 0.6) is 0 Å². The van der Waals surface area contributed by atoms with Gasteiger partial charge in [-0.15, -0.1) is 6.58 Å². The number of hydrogen-bond acceptors (Lipinski definition) is 3. The van der Waals surface area contributed by atoms with Gasteiger partial charge in [-0.3, -0.25) is 4.99 Å². The minimum absolute atomic E-state index is 0.226. The zero-order valence-corrected chi connectivity index (χ0v) is 28.9. The van der Waals surface area contributed by atoms with E-state index in [0.717, 1.165) is 45.7 Å². The Kier molecular flexibility index (Phi) is 6.07. The largest absolute Gasteiger partial charge is 0.437 e. The molecule has 5 aromatic rings. The molecule has 2 saturated carbocycles. The Labute approximate surface area is 273 Å². The molecule has 2 aliphatic carbocycles. The van der Waals surface area contributed by atoms with Crippen LogP contribution in [0.3, 0.4) is 0 Å². The number of aliphatic imine (C=N–C) groups is 1. The number of hydrogen-bond donors (Lipinski definition) is 0. The fourth-order valence-corrected chi connectivity index (χ4v) is 11.6. The highest BCUT2D eigenvalue weighted by molar-refractivity contribution is 6.89. The van der Waals surface area contributed by atoms with Crippen LogP contribution in [-0.4, -0.2) is 24.3 Å². The number of pyridine rings is 2. The molecule has 4 unspecified atom stereocenters. The Balaban J connectivity index is 1.21. The van der Waals surface area contributed by atoms with Gasteiger partial charge in [0, 0.05) is 51.0 Å². The first-order chi connectivity index (χ1) is 22.2. The third-order valence-electron chi connectivity index (χ3n) is 11.9. The van der Waals surface area contributed by atoms with Gasteiger partial charge in [0.2, 0.25) is 11.4 Å². The zero-order chi connectivity index (χ0) is 31.5. The highest BCUT2D eigenvalue weighted by Gasteiger charge is 2.69. The van der Waals surface area contributed by atoms with E-state index < -0.39 is 8.07 Å². The quantitative estimate of drug-likeness (QED) is 0.114. The normalized spacial score (nSPS) is 25.2. The van der Waals surface area contributed by atoms with Gasteiger partial charge in [-0.25, -0.2) is 4.98 Å². The minimum Gasteiger partial charge on any atom is -0.437 e. The second kappa shape index (κ2) is 9.84. The Morgan fingerprint density at radius 3 is 2.59 bits per heavy atom. The number of aryl methyl sites for hydroxylation is 1. The zero-order valence-electron chi connectivity index (χ0n) is 27.9. The summed E-state index contributed by atoms with van der Waals surface area (Å²) >= 11 is 0. The predicted molar refractivity (Wildman–Crippen MR) is 191 cm³/mol. The summed E-state index contributed by atoms with van der Waals surface area (Å²) in [5, 5.41) is 3.83. The highest BCUT2D eigenvalue weighted by Crippen LogP contribution is 2.64. The third kappa shape index (κ3) is 3.87. The first-order valence-corrected chi connectivity index (χ1v) is 20.9. The van der Waals surface area contributed by atoms with Gasteiger partial charge in [-0.05, 0) is 61.1 Å². The van der Waals surface area contributed by atoms with E-state index in [9.17, 15) is 0 Å². The molecule has 4 aliphatic rings. The lowest BCUT2D eigenvalue weighted by molar-refractivity contribution is -0.738. The van der Waals surface area contributed by atoms with Crippen molar-refractivity contribution in [1.29, 1.82) is 0 Å². The fraction of sp³-hybridized carbons (Fsp3) is 0.390. The monoisotopic (exact) mass is 622 g/mol. The van der Waals surface area contributed by atoms with Crippen molar-refractivity contribution in [3.8, 4) is 11.3 Å². The van der Waals surface area contributed by atoms with Crippen LogP contribution in [0.25, 0.3) is 33.3 Å². The molecular formula is C41H44N3OSi+. The van der Waals surface area contributed by atoms with Crippen LogP contribution in [0.1, 0.15) is 72.5 Å². The summed E-state index contributed by atoms with van der Waals surface area (Å²) in [5.74, 6) is 1.33. The summed E-state index contributed by atoms with van der Waals surface area (Å²) < 4.78 is 9.15. The summed E-state index contributed by atoms with van der Waals surface area (Å²) in [4.78, 5) is 10.4. The molecule has 1 spiro atoms. The lowest BCUT2D eigenvalue weighted by Gasteiger charge is -2.58. The topological polar surface area (TPSA) is 42.3 Å². The van der Waals surface area contributed by atoms with Crippen molar-refractivity contribution in [3.05, 3.63) is 101 Å². The van der Waals surface area contributed by atoms with Crippen molar-refractivity contribution in [2.45, 2.75) is 89.5 Å². The summed E-state index contributed by atoms with van der Waals surface area (Å²) in [6.07, 6.45) is 12.5. The number of rotatable bonds is 4. The molecule has 232 valence electrons. The molecule has 0 amide bonds. The number of fused-ring (bicyclic) bond motifs is 12. The average Bonchev–Trinajstić information content (AvgIpc) is 3.67. The SMILES string of the molecule is C=CC1C2C(c3ccccc3-c3cc(CC4CCCC4)c([Si](C)(C)C)c[n+]32)C12Cc1ccc3c(oc4nc(C)ccc43)c1C(C)=N2. The Morgan fingerprint density at radius 1 is 1.02 bits per heavy atom. The van der Waals surface area contributed by atoms with Gasteiger partial charge in [-0.1, -0.05) is 81.7 Å². The van der Waals surface area contributed by atoms with Crippen LogP contribution < -0.4 is 9.75 Å². The fourth-order valence-electron chi connectivity index (χ4n) is 9.94. The smallest absolute Gasteiger partial charge is 0.227 e. The number of nitrogens with zero attached hydrogens (tertiary/aromatic N) is 3. The second-order valence-corrected chi connectivity index (χ2v) is 20.7. The van der Waals surface area contributed by atoms with Gasteiger partial charge in [0.1, 0.15) is 5.58 Å². The lowest BCUT2D eigenvalue weighted by Crippen LogP contribution is -2.71. The minimum atomic E-state index is -1.60. The molecule has 5 heteroatoms. The first kappa shape index (κ1) is 28.4. The van der Waals surface area contributed by atoms with Crippen LogP contribution in [0.4, 0.5) is 0 Å². The van der Waals surface area contributed by atoms with Gasteiger partial charge in [0.15, 0.2) is 12.2 Å². The number of aromatic nitrogens is 2. The Bertz CT molecular complexity index is 2130. The molecule has 0 N–H and O–H groups in total. The summed E-state index contributed by atoms with van der Waals surface area (Å²) in [6.45, 7) is 16.3. The van der Waals surface area contributed by atoms with Crippen LogP contribution in [-0.2, 0) is 12.8 Å². The van der Waals surface area contributed by atoms with E-state index in [1.165, 1.54) is 54.5 Å². The molecule has 3 aromatic heterocycles. The maximum Gasteiger partial charge on any atom is 0.227 e. The average molecular weight is 623 g/mol. The van der Waals surface area contributed by atoms with Crippen molar-refractivity contribution < 1.29 is 8.98 Å². The lowest BCUT2D eigenvalue weighted by atomic mass is 9.48. The molecule has 46 heavy (non-hydrogen) atoms. The molecule has 0 radical (unpaired) electrons. The van der Waals surface area contributed by atoms with E-state index in [2.05, 4.69) is 105 Å². The van der Waals surface area contributed by atoms with E-state index >= 15 is 0 Å². The second-order valence-electron chi connectivity index (χ2n) is 15.7. The van der Waals surface area contributed by atoms with Crippen molar-refractivity contribution in [2.24, 2.45) is 16.8 Å². The van der Waals surface area contributed by atoms with E-state index in [-0.39, 0.29) is 17.4 Å². The van der Waals surface area contributed by atoms with Crippen LogP contribution in [0, 0.1) is 18.8 Å². The third-order valence-corrected chi connectivity index (χ3v) is 14.0. The molecule has 2 fully saturated rings. The highest BCUT2D eigenvalue weighted by atomic mass is 28.3. The summed E-state index contributed by atoms with van der Waals surface area (Å²) in [7, 11) is -1.60. The predicted octanol–water partition coefficient (Wildman–Crippen LogP) is 8.78. The van der Waals surface area contributed by atoms with Crippen molar-refractivity contribution in [2.75, 3.05) is 0 Å². The van der Waals surface area contributed by atoms with Crippen LogP contribution in [0.15, 0.2) is 82.9 Å². The van der Waals surface area contributed by atoms with Gasteiger partial charge >= 0.3 is 0 Å². The Hall–Kier alpha value is -3.83. The maximum absolute atomic E-state index is 6.48. The Morgan fingerprint density at radius 2 is 1.80 bits per heavy atom. The number of furan rings is 1. The van der Waals surface area contributed by atoms with E-state index in [0.29, 0.717) is 11.8 Å². The maximum atomic E-state index is 6.48. The number of benzene rings is 2. The molecule has 4 nitrogen and oxygen atoms in total. The van der Waals surface area contributed by atoms with Gasteiger partial charge in [0.05, 0.1) is 25.4 Å². The molecule has 9 rings (SSSR count). The molecule has 5 heterocycles. The van der Waals surface area contributed by atoms with Crippen molar-refractivity contribution >= 4 is 41.0 Å². The van der Waals surface area contributed by atoms with Gasteiger partial charge in [-0.2, -0.15) is 4.57 Å². The van der Waals surface area contributed by atoms with E-state index in [1.54, 1.807) is 10.8 Å². The molecule has 0 bridgehead atoms. The van der Waals surface area contributed by atoms with E-state index in [4.69, 9.17) is 14.4 Å². The van der Waals surface area contributed by atoms with Crippen molar-refractivity contribution in [1.82, 2.24) is 4.98 Å². The summed E-state index contributed by atoms with van der Waals surface area (Å²) in [5.41, 5.74) is 11.7. The standard InChI is InChI=1S/C41H44N3OSi/c1-7-33-38-37(41(33)22-27-17-19-31-32-18-16-24(2)42-40(32)45-39(31)36(27)25(3)43-41)30-15-11-10-14-29(30)34-21-28(20-26-12-8-9-13-26)35(23-44(34)38)46(4,5)6/h7,10-11,14-19,21,23,26,33,37-38H,1,8-9,12-13,20,22H2,2-6H3/q+1. The van der Waals surface area contributed by atoms with Gasteiger partial charge < -0.3 is 4.42 Å². The van der Waals surface area contributed by atoms with Crippen molar-refractivity contribution in [3.63, 3.8) is 0 Å². The molecule has 0 saturated heterocycles. The molecule has 4 atom stereocenters. The van der Waals surface area contributed by atoms with Crippen LogP contribution >= 0.6 is 0 Å².